The van der Waals surface area contributed by atoms with Crippen LogP contribution in [-0.2, 0) is 11.2 Å². The molecule has 0 radical (unpaired) electrons. The molecule has 3 rings (SSSR count). The summed E-state index contributed by atoms with van der Waals surface area (Å²) in [6, 6.07) is 13.2. The maximum atomic E-state index is 11.2. The molecule has 6 heteroatoms. The highest BCUT2D eigenvalue weighted by molar-refractivity contribution is 9.10. The number of alkyl carbamates (subject to hydrolysis) is 1. The van der Waals surface area contributed by atoms with E-state index in [0.717, 1.165) is 26.6 Å². The zero-order valence-corrected chi connectivity index (χ0v) is 14.7. The summed E-state index contributed by atoms with van der Waals surface area (Å²) in [4.78, 5) is 11.2. The highest BCUT2D eigenvalue weighted by Gasteiger charge is 2.11. The van der Waals surface area contributed by atoms with E-state index in [0.29, 0.717) is 13.0 Å². The molecule has 0 atom stereocenters. The quantitative estimate of drug-likeness (QED) is 0.709. The minimum absolute atomic E-state index is 0.237. The lowest BCUT2D eigenvalue weighted by Crippen LogP contribution is -2.25. The third-order valence-electron chi connectivity index (χ3n) is 3.83. The molecule has 5 nitrogen and oxygen atoms in total. The number of benzene rings is 2. The second-order valence-corrected chi connectivity index (χ2v) is 6.29. The van der Waals surface area contributed by atoms with Crippen molar-refractivity contribution in [2.45, 2.75) is 6.42 Å². The van der Waals surface area contributed by atoms with Crippen LogP contribution < -0.4 is 5.32 Å². The van der Waals surface area contributed by atoms with Gasteiger partial charge in [-0.1, -0.05) is 15.9 Å². The van der Waals surface area contributed by atoms with Crippen LogP contribution in [0.2, 0.25) is 0 Å². The van der Waals surface area contributed by atoms with Gasteiger partial charge in [0.15, 0.2) is 0 Å². The van der Waals surface area contributed by atoms with Crippen LogP contribution in [0.4, 0.5) is 4.79 Å². The van der Waals surface area contributed by atoms with Gasteiger partial charge in [0.05, 0.1) is 12.6 Å². The molecule has 0 fully saturated rings. The van der Waals surface area contributed by atoms with Crippen LogP contribution in [0.25, 0.3) is 16.6 Å². The van der Waals surface area contributed by atoms with Crippen LogP contribution >= 0.6 is 15.9 Å². The fraction of sp³-hybridized carbons (Fsp3) is 0.167. The predicted molar refractivity (Wildman–Crippen MR) is 96.8 cm³/mol. The van der Waals surface area contributed by atoms with Crippen molar-refractivity contribution >= 4 is 32.9 Å². The van der Waals surface area contributed by atoms with Crippen LogP contribution in [0.15, 0.2) is 53.1 Å². The van der Waals surface area contributed by atoms with Crippen molar-refractivity contribution in [3.8, 4) is 11.4 Å². The summed E-state index contributed by atoms with van der Waals surface area (Å²) in [7, 11) is 1.35. The number of ether oxygens (including phenoxy) is 1. The zero-order chi connectivity index (χ0) is 17.1. The molecule has 0 spiro atoms. The summed E-state index contributed by atoms with van der Waals surface area (Å²) >= 11 is 3.51. The van der Waals surface area contributed by atoms with E-state index in [9.17, 15) is 9.90 Å². The summed E-state index contributed by atoms with van der Waals surface area (Å²) in [6.45, 7) is 0.494. The molecular formula is C18H17BrN2O3. The van der Waals surface area contributed by atoms with E-state index in [1.807, 2.05) is 24.3 Å². The smallest absolute Gasteiger partial charge is 0.406 e. The number of phenols is 1. The Kier molecular flexibility index (Phi) is 4.76. The molecule has 0 saturated carbocycles. The molecular weight excluding hydrogens is 372 g/mol. The second kappa shape index (κ2) is 6.97. The molecule has 3 aromatic rings. The molecule has 0 aliphatic heterocycles. The van der Waals surface area contributed by atoms with Gasteiger partial charge in [0, 0.05) is 28.3 Å². The summed E-state index contributed by atoms with van der Waals surface area (Å²) in [6.07, 6.45) is 2.31. The van der Waals surface area contributed by atoms with Gasteiger partial charge in [-0.05, 0) is 54.4 Å². The third-order valence-corrected chi connectivity index (χ3v) is 4.32. The molecule has 1 aromatic heterocycles. The molecule has 0 aliphatic rings. The Bertz CT molecular complexity index is 872. The van der Waals surface area contributed by atoms with Crippen LogP contribution in [0, 0.1) is 0 Å². The van der Waals surface area contributed by atoms with Crippen LogP contribution in [0.1, 0.15) is 5.56 Å². The van der Waals surface area contributed by atoms with Crippen molar-refractivity contribution in [1.29, 1.82) is 0 Å². The maximum absolute atomic E-state index is 11.2. The topological polar surface area (TPSA) is 63.5 Å². The highest BCUT2D eigenvalue weighted by atomic mass is 79.9. The lowest BCUT2D eigenvalue weighted by Gasteiger charge is -2.05. The Balaban J connectivity index is 1.98. The van der Waals surface area contributed by atoms with Crippen LogP contribution in [-0.4, -0.2) is 29.4 Å². The fourth-order valence-corrected chi connectivity index (χ4v) is 3.03. The monoisotopic (exact) mass is 388 g/mol. The molecule has 1 amide bonds. The first-order valence-corrected chi connectivity index (χ1v) is 8.28. The van der Waals surface area contributed by atoms with E-state index >= 15 is 0 Å². The standard InChI is InChI=1S/C18H17BrN2O3/c1-24-18(23)20-9-8-12-11-21(14-3-5-15(22)6-4-14)17-7-2-13(19)10-16(12)17/h2-7,10-11,22H,8-9H2,1H3,(H,20,23). The number of nitrogens with one attached hydrogen (secondary N) is 1. The molecule has 1 heterocycles. The molecule has 0 unspecified atom stereocenters. The first-order valence-electron chi connectivity index (χ1n) is 7.49. The number of rotatable bonds is 4. The summed E-state index contributed by atoms with van der Waals surface area (Å²) in [5, 5.41) is 13.3. The molecule has 0 saturated heterocycles. The Hall–Kier alpha value is -2.47. The van der Waals surface area contributed by atoms with Gasteiger partial charge in [-0.15, -0.1) is 0 Å². The zero-order valence-electron chi connectivity index (χ0n) is 13.1. The number of fused-ring (bicyclic) bond motifs is 1. The largest absolute Gasteiger partial charge is 0.508 e. The molecule has 2 aromatic carbocycles. The molecule has 124 valence electrons. The van der Waals surface area contributed by atoms with Gasteiger partial charge in [0.2, 0.25) is 0 Å². The number of halogens is 1. The fourth-order valence-electron chi connectivity index (χ4n) is 2.67. The van der Waals surface area contributed by atoms with E-state index in [-0.39, 0.29) is 5.75 Å². The average Bonchev–Trinajstić information content (AvgIpc) is 2.93. The number of hydrogen-bond acceptors (Lipinski definition) is 3. The number of aromatic nitrogens is 1. The Morgan fingerprint density at radius 3 is 2.71 bits per heavy atom. The summed E-state index contributed by atoms with van der Waals surface area (Å²) in [5.74, 6) is 0.237. The van der Waals surface area contributed by atoms with Gasteiger partial charge in [-0.2, -0.15) is 0 Å². The Morgan fingerprint density at radius 1 is 1.25 bits per heavy atom. The highest BCUT2D eigenvalue weighted by Crippen LogP contribution is 2.28. The normalized spacial score (nSPS) is 10.8. The van der Waals surface area contributed by atoms with E-state index in [4.69, 9.17) is 0 Å². The Labute approximate surface area is 148 Å². The predicted octanol–water partition coefficient (Wildman–Crippen LogP) is 4.00. The third kappa shape index (κ3) is 3.38. The lowest BCUT2D eigenvalue weighted by molar-refractivity contribution is 0.171. The molecule has 0 bridgehead atoms. The minimum atomic E-state index is -0.432. The van der Waals surface area contributed by atoms with Crippen LogP contribution in [0.5, 0.6) is 5.75 Å². The van der Waals surface area contributed by atoms with Gasteiger partial charge in [0.25, 0.3) is 0 Å². The first-order chi connectivity index (χ1) is 11.6. The van der Waals surface area contributed by atoms with E-state index in [1.54, 1.807) is 12.1 Å². The summed E-state index contributed by atoms with van der Waals surface area (Å²) in [5.41, 5.74) is 3.15. The number of carbonyl (C=O) groups is 1. The van der Waals surface area contributed by atoms with Crippen molar-refractivity contribution < 1.29 is 14.6 Å². The van der Waals surface area contributed by atoms with Crippen LogP contribution in [0.3, 0.4) is 0 Å². The number of amides is 1. The van der Waals surface area contributed by atoms with Crippen molar-refractivity contribution in [3.63, 3.8) is 0 Å². The lowest BCUT2D eigenvalue weighted by atomic mass is 10.1. The number of nitrogens with zero attached hydrogens (tertiary/aromatic N) is 1. The first kappa shape index (κ1) is 16.4. The Morgan fingerprint density at radius 2 is 2.00 bits per heavy atom. The van der Waals surface area contributed by atoms with Gasteiger partial charge < -0.3 is 19.7 Å². The van der Waals surface area contributed by atoms with Gasteiger partial charge in [-0.25, -0.2) is 4.79 Å². The van der Waals surface area contributed by atoms with Gasteiger partial charge >= 0.3 is 6.09 Å². The second-order valence-electron chi connectivity index (χ2n) is 5.37. The number of hydrogen-bond donors (Lipinski definition) is 2. The van der Waals surface area contributed by atoms with Crippen molar-refractivity contribution in [3.05, 3.63) is 58.7 Å². The minimum Gasteiger partial charge on any atom is -0.508 e. The molecule has 2 N–H and O–H groups in total. The number of methoxy groups -OCH3 is 1. The maximum Gasteiger partial charge on any atom is 0.406 e. The molecule has 0 aliphatic carbocycles. The average molecular weight is 389 g/mol. The number of aromatic hydroxyl groups is 1. The van der Waals surface area contributed by atoms with Crippen molar-refractivity contribution in [1.82, 2.24) is 9.88 Å². The van der Waals surface area contributed by atoms with E-state index < -0.39 is 6.09 Å². The van der Waals surface area contributed by atoms with E-state index in [1.165, 1.54) is 7.11 Å². The number of phenolic OH excluding ortho intramolecular Hbond substituents is 1. The van der Waals surface area contributed by atoms with Crippen molar-refractivity contribution in [2.24, 2.45) is 0 Å². The summed E-state index contributed by atoms with van der Waals surface area (Å²) < 4.78 is 7.67. The van der Waals surface area contributed by atoms with Gasteiger partial charge in [-0.3, -0.25) is 0 Å². The SMILES string of the molecule is COC(=O)NCCc1cn(-c2ccc(O)cc2)c2ccc(Br)cc12. The number of carbonyl (C=O) groups excluding carboxylic acids is 1. The molecule has 24 heavy (non-hydrogen) atoms. The van der Waals surface area contributed by atoms with E-state index in [2.05, 4.69) is 42.8 Å². The van der Waals surface area contributed by atoms with Gasteiger partial charge in [0.1, 0.15) is 5.75 Å². The van der Waals surface area contributed by atoms with Crippen molar-refractivity contribution in [2.75, 3.05) is 13.7 Å².